The highest BCUT2D eigenvalue weighted by Crippen LogP contribution is 2.38. The molecule has 5 rings (SSSR count). The Morgan fingerprint density at radius 2 is 1.56 bits per heavy atom. The van der Waals surface area contributed by atoms with Crippen LogP contribution >= 0.6 is 11.3 Å². The van der Waals surface area contributed by atoms with E-state index < -0.39 is 29.4 Å². The van der Waals surface area contributed by atoms with Gasteiger partial charge in [0.25, 0.3) is 5.56 Å². The normalized spacial score (nSPS) is 11.2. The Hall–Kier alpha value is -5.14. The van der Waals surface area contributed by atoms with Gasteiger partial charge in [-0.15, -0.1) is 11.3 Å². The second kappa shape index (κ2) is 15.2. The summed E-state index contributed by atoms with van der Waals surface area (Å²) in [7, 11) is 1.85. The van der Waals surface area contributed by atoms with Crippen molar-refractivity contribution in [3.05, 3.63) is 116 Å². The molecule has 2 aromatic heterocycles. The van der Waals surface area contributed by atoms with E-state index in [4.69, 9.17) is 0 Å². The molecule has 13 heteroatoms. The fourth-order valence-corrected chi connectivity index (χ4v) is 6.64. The molecule has 3 aromatic carbocycles. The summed E-state index contributed by atoms with van der Waals surface area (Å²) in [5.74, 6) is -1.70. The Labute approximate surface area is 279 Å². The van der Waals surface area contributed by atoms with Crippen molar-refractivity contribution in [2.75, 3.05) is 32.0 Å². The van der Waals surface area contributed by atoms with Gasteiger partial charge < -0.3 is 20.9 Å². The molecule has 0 saturated carbocycles. The number of carbonyl (C=O) groups is 2. The maximum Gasteiger partial charge on any atom is 0.337 e. The summed E-state index contributed by atoms with van der Waals surface area (Å²) in [6, 6.07) is 18.6. The zero-order valence-electron chi connectivity index (χ0n) is 26.8. The number of para-hydroxylation sites is 1. The fourth-order valence-electron chi connectivity index (χ4n) is 5.34. The van der Waals surface area contributed by atoms with E-state index in [0.717, 1.165) is 16.7 Å². The van der Waals surface area contributed by atoms with E-state index >= 15 is 0 Å². The third-order valence-corrected chi connectivity index (χ3v) is 9.08. The minimum Gasteiger partial charge on any atom is -0.355 e. The summed E-state index contributed by atoms with van der Waals surface area (Å²) in [4.78, 5) is 55.4. The largest absolute Gasteiger partial charge is 0.355 e. The zero-order valence-corrected chi connectivity index (χ0v) is 27.6. The third-order valence-electron chi connectivity index (χ3n) is 7.77. The van der Waals surface area contributed by atoms with Gasteiger partial charge in [0.05, 0.1) is 17.6 Å². The van der Waals surface area contributed by atoms with E-state index in [-0.39, 0.29) is 34.3 Å². The lowest BCUT2D eigenvalue weighted by Crippen LogP contribution is -2.39. The topological polar surface area (TPSA) is 117 Å². The Balaban J connectivity index is 1.73. The molecule has 0 aliphatic rings. The van der Waals surface area contributed by atoms with Gasteiger partial charge in [-0.2, -0.15) is 0 Å². The number of hydrogen-bond donors (Lipinski definition) is 3. The lowest BCUT2D eigenvalue weighted by molar-refractivity contribution is -0.120. The molecule has 0 spiro atoms. The highest BCUT2D eigenvalue weighted by atomic mass is 32.1. The molecule has 3 amide bonds. The molecule has 0 aliphatic carbocycles. The van der Waals surface area contributed by atoms with Crippen LogP contribution in [0.15, 0.2) is 82.4 Å². The van der Waals surface area contributed by atoms with Crippen molar-refractivity contribution in [2.45, 2.75) is 33.4 Å². The highest BCUT2D eigenvalue weighted by molar-refractivity contribution is 7.22. The van der Waals surface area contributed by atoms with Crippen LogP contribution in [0, 0.1) is 11.6 Å². The number of likely N-dealkylation sites (N-methyl/N-ethyl adjacent to an activating group) is 1. The number of thiophene rings is 1. The summed E-state index contributed by atoms with van der Waals surface area (Å²) in [5.41, 5.74) is 0.578. The summed E-state index contributed by atoms with van der Waals surface area (Å²) in [5, 5.41) is 8.53. The molecule has 250 valence electrons. The summed E-state index contributed by atoms with van der Waals surface area (Å²) < 4.78 is 32.2. The number of anilines is 1. The standard InChI is InChI=1S/C35H36F2N6O4S/c1-4-29(44)39-18-19-41(3)20-26-30-32(45)43(24-10-7-6-8-11-24)35(47)42(21-25-27(36)12-9-13-28(25)37)33(30)48-31(26)22-14-16-23(17-15-22)40-34(46)38-5-2/h6-17H,4-5,18-21H2,1-3H3,(H,39,44)(H2,38,40,46). The number of carbonyl (C=O) groups excluding carboxylic acids is 2. The molecule has 0 aliphatic heterocycles. The zero-order chi connectivity index (χ0) is 34.4. The van der Waals surface area contributed by atoms with Crippen LogP contribution in [0.2, 0.25) is 0 Å². The number of aromatic nitrogens is 2. The summed E-state index contributed by atoms with van der Waals surface area (Å²) in [6.45, 7) is 4.69. The van der Waals surface area contributed by atoms with Gasteiger partial charge in [0, 0.05) is 48.7 Å². The van der Waals surface area contributed by atoms with Gasteiger partial charge in [0.1, 0.15) is 16.5 Å². The van der Waals surface area contributed by atoms with Crippen molar-refractivity contribution < 1.29 is 18.4 Å². The van der Waals surface area contributed by atoms with Crippen LogP contribution in [0.5, 0.6) is 0 Å². The summed E-state index contributed by atoms with van der Waals surface area (Å²) >= 11 is 1.18. The van der Waals surface area contributed by atoms with Crippen LogP contribution < -0.4 is 27.2 Å². The second-order valence-corrected chi connectivity index (χ2v) is 12.1. The first-order valence-corrected chi connectivity index (χ1v) is 16.3. The number of halogens is 2. The second-order valence-electron chi connectivity index (χ2n) is 11.1. The SMILES string of the molecule is CCNC(=O)Nc1ccc(-c2sc3c(c2CN(C)CCNC(=O)CC)c(=O)n(-c2ccccc2)c(=O)n3Cc2c(F)cccc2F)cc1. The third kappa shape index (κ3) is 7.37. The minimum absolute atomic E-state index is 0.0819. The van der Waals surface area contributed by atoms with Crippen LogP contribution in [-0.2, 0) is 17.9 Å². The van der Waals surface area contributed by atoms with E-state index in [1.54, 1.807) is 61.5 Å². The van der Waals surface area contributed by atoms with Crippen LogP contribution in [-0.4, -0.2) is 52.7 Å². The van der Waals surface area contributed by atoms with Crippen molar-refractivity contribution in [2.24, 2.45) is 0 Å². The highest BCUT2D eigenvalue weighted by Gasteiger charge is 2.25. The molecule has 0 atom stereocenters. The number of benzene rings is 3. The number of amides is 3. The van der Waals surface area contributed by atoms with Crippen LogP contribution in [0.4, 0.5) is 19.3 Å². The molecule has 5 aromatic rings. The fraction of sp³-hybridized carbons (Fsp3) is 0.257. The van der Waals surface area contributed by atoms with Crippen molar-refractivity contribution in [1.29, 1.82) is 0 Å². The number of nitrogens with one attached hydrogen (secondary N) is 3. The maximum absolute atomic E-state index is 15.0. The lowest BCUT2D eigenvalue weighted by Gasteiger charge is -2.18. The van der Waals surface area contributed by atoms with E-state index in [0.29, 0.717) is 53.4 Å². The maximum atomic E-state index is 15.0. The average molecular weight is 675 g/mol. The van der Waals surface area contributed by atoms with E-state index in [1.165, 1.54) is 22.0 Å². The molecule has 0 fully saturated rings. The van der Waals surface area contributed by atoms with Crippen LogP contribution in [0.1, 0.15) is 31.4 Å². The van der Waals surface area contributed by atoms with Gasteiger partial charge in [0.2, 0.25) is 5.91 Å². The average Bonchev–Trinajstić information content (AvgIpc) is 3.44. The Kier molecular flexibility index (Phi) is 10.8. The van der Waals surface area contributed by atoms with Gasteiger partial charge in [0.15, 0.2) is 0 Å². The van der Waals surface area contributed by atoms with Crippen LogP contribution in [0.3, 0.4) is 0 Å². The molecule has 10 nitrogen and oxygen atoms in total. The predicted octanol–water partition coefficient (Wildman–Crippen LogP) is 5.31. The minimum atomic E-state index is -0.812. The van der Waals surface area contributed by atoms with Gasteiger partial charge in [-0.1, -0.05) is 43.3 Å². The Morgan fingerprint density at radius 3 is 2.21 bits per heavy atom. The van der Waals surface area contributed by atoms with E-state index in [9.17, 15) is 28.0 Å². The first-order chi connectivity index (χ1) is 23.1. The number of urea groups is 1. The molecule has 0 unspecified atom stereocenters. The van der Waals surface area contributed by atoms with Gasteiger partial charge >= 0.3 is 11.7 Å². The molecule has 0 radical (unpaired) electrons. The first kappa shape index (κ1) is 34.2. The quantitative estimate of drug-likeness (QED) is 0.166. The molecule has 0 bridgehead atoms. The van der Waals surface area contributed by atoms with E-state index in [1.807, 2.05) is 18.9 Å². The van der Waals surface area contributed by atoms with Crippen molar-refractivity contribution in [3.63, 3.8) is 0 Å². The molecule has 2 heterocycles. The Morgan fingerprint density at radius 1 is 0.875 bits per heavy atom. The number of rotatable bonds is 12. The van der Waals surface area contributed by atoms with Crippen molar-refractivity contribution >= 4 is 39.2 Å². The number of fused-ring (bicyclic) bond motifs is 1. The van der Waals surface area contributed by atoms with Crippen LogP contribution in [0.25, 0.3) is 26.3 Å². The Bertz CT molecular complexity index is 2040. The van der Waals surface area contributed by atoms with Crippen molar-refractivity contribution in [1.82, 2.24) is 24.7 Å². The van der Waals surface area contributed by atoms with E-state index in [2.05, 4.69) is 16.0 Å². The molecular formula is C35H36F2N6O4S. The predicted molar refractivity (Wildman–Crippen MR) is 185 cm³/mol. The molecule has 0 saturated heterocycles. The number of nitrogens with zero attached hydrogens (tertiary/aromatic N) is 3. The number of hydrogen-bond acceptors (Lipinski definition) is 6. The smallest absolute Gasteiger partial charge is 0.337 e. The van der Waals surface area contributed by atoms with Gasteiger partial charge in [-0.05, 0) is 61.5 Å². The monoisotopic (exact) mass is 674 g/mol. The van der Waals surface area contributed by atoms with Gasteiger partial charge in [-0.3, -0.25) is 14.2 Å². The summed E-state index contributed by atoms with van der Waals surface area (Å²) in [6.07, 6.45) is 0.354. The lowest BCUT2D eigenvalue weighted by atomic mass is 10.1. The first-order valence-electron chi connectivity index (χ1n) is 15.5. The van der Waals surface area contributed by atoms with Crippen molar-refractivity contribution in [3.8, 4) is 16.1 Å². The molecule has 48 heavy (non-hydrogen) atoms. The molecular weight excluding hydrogens is 638 g/mol. The molecule has 3 N–H and O–H groups in total. The van der Waals surface area contributed by atoms with Gasteiger partial charge in [-0.25, -0.2) is 22.9 Å².